The molecule has 8 heteroatoms. The number of likely N-dealkylation sites (N-methyl/N-ethyl adjacent to an activating group) is 1. The summed E-state index contributed by atoms with van der Waals surface area (Å²) in [5.41, 5.74) is 1.48. The van der Waals surface area contributed by atoms with Crippen LogP contribution in [0.2, 0.25) is 0 Å². The molecule has 4 rings (SSSR count). The number of aromatic nitrogens is 2. The number of alkyl halides is 3. The fourth-order valence-corrected chi connectivity index (χ4v) is 3.11. The predicted molar refractivity (Wildman–Crippen MR) is 95.9 cm³/mol. The van der Waals surface area contributed by atoms with Crippen LogP contribution in [0.25, 0.3) is 16.9 Å². The van der Waals surface area contributed by atoms with E-state index in [-0.39, 0.29) is 18.1 Å². The van der Waals surface area contributed by atoms with Gasteiger partial charge in [-0.15, -0.1) is 0 Å². The van der Waals surface area contributed by atoms with Crippen molar-refractivity contribution in [1.29, 1.82) is 0 Å². The molecule has 0 unspecified atom stereocenters. The van der Waals surface area contributed by atoms with Crippen LogP contribution in [0.4, 0.5) is 24.5 Å². The fourth-order valence-electron chi connectivity index (χ4n) is 3.11. The van der Waals surface area contributed by atoms with Crippen LogP contribution in [0.5, 0.6) is 0 Å². The summed E-state index contributed by atoms with van der Waals surface area (Å²) in [6.07, 6.45) is -4.55. The topological polar surface area (TPSA) is 50.2 Å². The minimum Gasteiger partial charge on any atom is -0.364 e. The maximum atomic E-state index is 13.5. The largest absolute Gasteiger partial charge is 0.433 e. The molecular weight excluding hydrogens is 357 g/mol. The van der Waals surface area contributed by atoms with Crippen LogP contribution in [0.1, 0.15) is 5.69 Å². The van der Waals surface area contributed by atoms with Crippen molar-refractivity contribution in [3.05, 3.63) is 60.3 Å². The van der Waals surface area contributed by atoms with Crippen molar-refractivity contribution < 1.29 is 18.0 Å². The summed E-state index contributed by atoms with van der Waals surface area (Å²) in [7, 11) is 1.78. The Morgan fingerprint density at radius 2 is 1.81 bits per heavy atom. The number of carbonyl (C=O) groups is 1. The van der Waals surface area contributed by atoms with Gasteiger partial charge >= 0.3 is 6.18 Å². The van der Waals surface area contributed by atoms with E-state index in [1.165, 1.54) is 0 Å². The zero-order valence-electron chi connectivity index (χ0n) is 14.3. The summed E-state index contributed by atoms with van der Waals surface area (Å²) < 4.78 is 41.4. The van der Waals surface area contributed by atoms with E-state index >= 15 is 0 Å². The second-order valence-electron chi connectivity index (χ2n) is 6.30. The normalized spacial score (nSPS) is 14.1. The molecule has 0 bridgehead atoms. The summed E-state index contributed by atoms with van der Waals surface area (Å²) in [5.74, 6) is -0.173. The second kappa shape index (κ2) is 6.15. The molecule has 27 heavy (non-hydrogen) atoms. The Bertz CT molecular complexity index is 1010. The lowest BCUT2D eigenvalue weighted by molar-refractivity contribution is -0.142. The monoisotopic (exact) mass is 372 g/mol. The number of amides is 1. The lowest BCUT2D eigenvalue weighted by atomic mass is 10.1. The van der Waals surface area contributed by atoms with Gasteiger partial charge in [0.1, 0.15) is 5.69 Å². The molecule has 3 aromatic rings. The number of nitrogens with one attached hydrogen (secondary N) is 1. The summed E-state index contributed by atoms with van der Waals surface area (Å²) in [4.78, 5) is 13.5. The molecular formula is C19H15F3N4O. The maximum absolute atomic E-state index is 13.5. The molecule has 0 saturated carbocycles. The minimum absolute atomic E-state index is 0.173. The van der Waals surface area contributed by atoms with E-state index in [1.807, 2.05) is 0 Å². The molecule has 1 amide bonds. The van der Waals surface area contributed by atoms with E-state index in [0.29, 0.717) is 16.9 Å². The molecule has 0 fully saturated rings. The molecule has 2 aromatic carbocycles. The third-order valence-electron chi connectivity index (χ3n) is 4.36. The van der Waals surface area contributed by atoms with Crippen LogP contribution in [-0.4, -0.2) is 29.3 Å². The summed E-state index contributed by atoms with van der Waals surface area (Å²) in [6, 6.07) is 14.3. The molecule has 0 atom stereocenters. The molecule has 0 aliphatic carbocycles. The van der Waals surface area contributed by atoms with Gasteiger partial charge in [-0.1, -0.05) is 24.3 Å². The highest BCUT2D eigenvalue weighted by atomic mass is 19.4. The molecule has 1 aliphatic heterocycles. The molecule has 1 N–H and O–H groups in total. The first-order chi connectivity index (χ1) is 12.8. The minimum atomic E-state index is -4.55. The molecule has 5 nitrogen and oxygen atoms in total. The lowest BCUT2D eigenvalue weighted by Gasteiger charge is -2.27. The zero-order valence-corrected chi connectivity index (χ0v) is 14.3. The highest BCUT2D eigenvalue weighted by Crippen LogP contribution is 2.36. The standard InChI is InChI=1S/C19H15F3N4O/c1-25-11-18(27)23-15-9-12(7-8-16(15)25)14-10-17(19(20,21)22)26(24-14)13-5-3-2-4-6-13/h2-10H,11H2,1H3,(H,23,27). The van der Waals surface area contributed by atoms with Crippen molar-refractivity contribution in [3.8, 4) is 16.9 Å². The average molecular weight is 372 g/mol. The van der Waals surface area contributed by atoms with Crippen molar-refractivity contribution in [1.82, 2.24) is 9.78 Å². The first-order valence-corrected chi connectivity index (χ1v) is 8.21. The van der Waals surface area contributed by atoms with Crippen molar-refractivity contribution in [2.24, 2.45) is 0 Å². The van der Waals surface area contributed by atoms with Gasteiger partial charge in [0.15, 0.2) is 0 Å². The van der Waals surface area contributed by atoms with Crippen LogP contribution in [-0.2, 0) is 11.0 Å². The van der Waals surface area contributed by atoms with Gasteiger partial charge in [-0.2, -0.15) is 18.3 Å². The number of para-hydroxylation sites is 1. The lowest BCUT2D eigenvalue weighted by Crippen LogP contribution is -2.35. The number of halogens is 3. The quantitative estimate of drug-likeness (QED) is 0.741. The Hall–Kier alpha value is -3.29. The predicted octanol–water partition coefficient (Wildman–Crippen LogP) is 3.95. The van der Waals surface area contributed by atoms with Gasteiger partial charge in [-0.05, 0) is 30.3 Å². The van der Waals surface area contributed by atoms with Gasteiger partial charge in [0.25, 0.3) is 0 Å². The van der Waals surface area contributed by atoms with Gasteiger partial charge in [-0.25, -0.2) is 4.68 Å². The number of rotatable bonds is 2. The number of nitrogens with zero attached hydrogens (tertiary/aromatic N) is 3. The first kappa shape index (κ1) is 17.1. The smallest absolute Gasteiger partial charge is 0.364 e. The van der Waals surface area contributed by atoms with E-state index in [9.17, 15) is 18.0 Å². The van der Waals surface area contributed by atoms with E-state index in [0.717, 1.165) is 16.4 Å². The van der Waals surface area contributed by atoms with Gasteiger partial charge in [0.2, 0.25) is 5.91 Å². The number of carbonyl (C=O) groups excluding carboxylic acids is 1. The van der Waals surface area contributed by atoms with Gasteiger partial charge < -0.3 is 10.2 Å². The Morgan fingerprint density at radius 1 is 1.07 bits per heavy atom. The molecule has 1 aromatic heterocycles. The van der Waals surface area contributed by atoms with Crippen LogP contribution >= 0.6 is 0 Å². The molecule has 138 valence electrons. The van der Waals surface area contributed by atoms with Gasteiger partial charge in [0, 0.05) is 12.6 Å². The van der Waals surface area contributed by atoms with E-state index in [4.69, 9.17) is 0 Å². The van der Waals surface area contributed by atoms with E-state index in [1.54, 1.807) is 60.5 Å². The van der Waals surface area contributed by atoms with Crippen molar-refractivity contribution in [2.75, 3.05) is 23.8 Å². The Labute approximate surface area is 153 Å². The number of fused-ring (bicyclic) bond motifs is 1. The van der Waals surface area contributed by atoms with Crippen LogP contribution in [0.15, 0.2) is 54.6 Å². The van der Waals surface area contributed by atoms with E-state index < -0.39 is 11.9 Å². The summed E-state index contributed by atoms with van der Waals surface area (Å²) in [5, 5.41) is 6.92. The van der Waals surface area contributed by atoms with Gasteiger partial charge in [-0.3, -0.25) is 4.79 Å². The number of anilines is 2. The first-order valence-electron chi connectivity index (χ1n) is 8.21. The van der Waals surface area contributed by atoms with Crippen LogP contribution < -0.4 is 10.2 Å². The zero-order chi connectivity index (χ0) is 19.2. The number of hydrogen-bond donors (Lipinski definition) is 1. The van der Waals surface area contributed by atoms with Crippen LogP contribution in [0.3, 0.4) is 0 Å². The third kappa shape index (κ3) is 3.14. The van der Waals surface area contributed by atoms with Crippen LogP contribution in [0, 0.1) is 0 Å². The van der Waals surface area contributed by atoms with Gasteiger partial charge in [0.05, 0.1) is 29.3 Å². The highest BCUT2D eigenvalue weighted by molar-refractivity contribution is 6.01. The molecule has 0 spiro atoms. The average Bonchev–Trinajstić information content (AvgIpc) is 3.07. The molecule has 0 radical (unpaired) electrons. The highest BCUT2D eigenvalue weighted by Gasteiger charge is 2.36. The van der Waals surface area contributed by atoms with Crippen molar-refractivity contribution in [3.63, 3.8) is 0 Å². The number of hydrogen-bond acceptors (Lipinski definition) is 3. The third-order valence-corrected chi connectivity index (χ3v) is 4.36. The molecule has 0 saturated heterocycles. The van der Waals surface area contributed by atoms with E-state index in [2.05, 4.69) is 10.4 Å². The van der Waals surface area contributed by atoms with Crippen molar-refractivity contribution in [2.45, 2.75) is 6.18 Å². The molecule has 1 aliphatic rings. The Balaban J connectivity index is 1.83. The SMILES string of the molecule is CN1CC(=O)Nc2cc(-c3cc(C(F)(F)F)n(-c4ccccc4)n3)ccc21. The number of benzene rings is 2. The van der Waals surface area contributed by atoms with Crippen molar-refractivity contribution >= 4 is 17.3 Å². The summed E-state index contributed by atoms with van der Waals surface area (Å²) >= 11 is 0. The Morgan fingerprint density at radius 3 is 2.52 bits per heavy atom. The fraction of sp³-hybridized carbons (Fsp3) is 0.158. The Kier molecular flexibility index (Phi) is 3.91. The molecule has 2 heterocycles. The summed E-state index contributed by atoms with van der Waals surface area (Å²) in [6.45, 7) is 0.229. The second-order valence-corrected chi connectivity index (χ2v) is 6.30. The maximum Gasteiger partial charge on any atom is 0.433 e.